The van der Waals surface area contributed by atoms with Crippen LogP contribution in [0, 0.1) is 11.6 Å². The Morgan fingerprint density at radius 2 is 1.87 bits per heavy atom. The van der Waals surface area contributed by atoms with Crippen molar-refractivity contribution >= 4 is 28.8 Å². The van der Waals surface area contributed by atoms with Crippen molar-refractivity contribution in [3.63, 3.8) is 0 Å². The molecule has 2 aromatic carbocycles. The van der Waals surface area contributed by atoms with Gasteiger partial charge in [0.2, 0.25) is 0 Å². The zero-order chi connectivity index (χ0) is 21.9. The molecule has 2 atom stereocenters. The van der Waals surface area contributed by atoms with E-state index in [0.29, 0.717) is 24.1 Å². The second kappa shape index (κ2) is 9.48. The topological polar surface area (TPSA) is 63.7 Å². The standard InChI is InChI=1S/C21H23AsF2NO4S/c1-29-21(26)25-8-4-7-19(22-30(2,27)28)20(25)10-14-5-3-6-15(9-14)16-11-17(23)13-18(24)12-16/h3,5-6,9,11-13,19-20H,4,7-8,10H2,1-2H3/t19-,20-/m0/s1. The van der Waals surface area contributed by atoms with Gasteiger partial charge in [0.25, 0.3) is 0 Å². The fourth-order valence-electron chi connectivity index (χ4n) is 3.84. The SMILES string of the molecule is COC(=O)N1CCC[C@H]([As]S(C)(=O)=O)[C@@H]1Cc1cccc(-c2cc(F)cc(F)c2)c1. The van der Waals surface area contributed by atoms with Gasteiger partial charge in [0.15, 0.2) is 0 Å². The summed E-state index contributed by atoms with van der Waals surface area (Å²) in [7, 11) is -1.82. The maximum absolute atomic E-state index is 13.6. The summed E-state index contributed by atoms with van der Waals surface area (Å²) >= 11 is -1.00. The van der Waals surface area contributed by atoms with E-state index in [-0.39, 0.29) is 10.7 Å². The molecule has 1 aliphatic heterocycles. The monoisotopic (exact) mass is 498 g/mol. The van der Waals surface area contributed by atoms with Crippen LogP contribution < -0.4 is 0 Å². The molecule has 5 nitrogen and oxygen atoms in total. The summed E-state index contributed by atoms with van der Waals surface area (Å²) < 4.78 is 56.0. The summed E-state index contributed by atoms with van der Waals surface area (Å²) in [6.45, 7) is 0.507. The molecule has 1 aliphatic rings. The number of carbonyl (C=O) groups is 1. The molecule has 1 saturated heterocycles. The van der Waals surface area contributed by atoms with Crippen LogP contribution in [0.2, 0.25) is 4.71 Å². The van der Waals surface area contributed by atoms with Crippen LogP contribution >= 0.6 is 0 Å². The molecule has 1 amide bonds. The van der Waals surface area contributed by atoms with Crippen LogP contribution in [-0.4, -0.2) is 60.0 Å². The molecule has 0 aliphatic carbocycles. The fourth-order valence-corrected chi connectivity index (χ4v) is 10.2. The Morgan fingerprint density at radius 1 is 1.17 bits per heavy atom. The third-order valence-electron chi connectivity index (χ3n) is 5.05. The van der Waals surface area contributed by atoms with Crippen LogP contribution in [0.15, 0.2) is 42.5 Å². The van der Waals surface area contributed by atoms with Crippen LogP contribution in [0.1, 0.15) is 18.4 Å². The van der Waals surface area contributed by atoms with Gasteiger partial charge in [-0.05, 0) is 0 Å². The molecule has 0 aromatic heterocycles. The maximum atomic E-state index is 13.6. The van der Waals surface area contributed by atoms with Gasteiger partial charge in [-0.25, -0.2) is 0 Å². The molecule has 30 heavy (non-hydrogen) atoms. The van der Waals surface area contributed by atoms with Crippen LogP contribution in [0.3, 0.4) is 0 Å². The zero-order valence-electron chi connectivity index (χ0n) is 16.7. The first-order chi connectivity index (χ1) is 14.2. The number of nitrogens with zero attached hydrogens (tertiary/aromatic N) is 1. The van der Waals surface area contributed by atoms with E-state index in [1.165, 1.54) is 25.5 Å². The molecule has 0 saturated carbocycles. The molecule has 2 aromatic rings. The predicted octanol–water partition coefficient (Wildman–Crippen LogP) is 3.86. The number of ether oxygens (including phenoxy) is 1. The summed E-state index contributed by atoms with van der Waals surface area (Å²) in [6, 6.07) is 10.3. The molecule has 3 rings (SSSR count). The van der Waals surface area contributed by atoms with Crippen molar-refractivity contribution in [1.29, 1.82) is 0 Å². The minimum atomic E-state index is -3.13. The average molecular weight is 498 g/mol. The summed E-state index contributed by atoms with van der Waals surface area (Å²) in [5.74, 6) is -1.31. The number of hydrogen-bond donors (Lipinski definition) is 0. The average Bonchev–Trinajstić information content (AvgIpc) is 2.67. The van der Waals surface area contributed by atoms with E-state index in [0.717, 1.165) is 24.5 Å². The van der Waals surface area contributed by atoms with Gasteiger partial charge in [0, 0.05) is 0 Å². The minimum absolute atomic E-state index is 0.126. The quantitative estimate of drug-likeness (QED) is 0.588. The second-order valence-corrected chi connectivity index (χ2v) is 15.9. The Balaban J connectivity index is 1.92. The number of carbonyl (C=O) groups excluding carboxylic acids is 1. The summed E-state index contributed by atoms with van der Waals surface area (Å²) in [4.78, 5) is 13.9. The number of piperidine rings is 1. The molecule has 0 bridgehead atoms. The molecule has 9 heteroatoms. The fraction of sp³-hybridized carbons (Fsp3) is 0.381. The Hall–Kier alpha value is -1.92. The van der Waals surface area contributed by atoms with Crippen molar-refractivity contribution in [2.45, 2.75) is 30.0 Å². The summed E-state index contributed by atoms with van der Waals surface area (Å²) in [6.07, 6.45) is 2.67. The Labute approximate surface area is 181 Å². The summed E-state index contributed by atoms with van der Waals surface area (Å²) in [5, 5.41) is 0. The Bertz CT molecular complexity index is 1010. The van der Waals surface area contributed by atoms with Crippen molar-refractivity contribution in [3.8, 4) is 11.1 Å². The number of amides is 1. The van der Waals surface area contributed by atoms with Gasteiger partial charge in [-0.3, -0.25) is 0 Å². The van der Waals surface area contributed by atoms with Gasteiger partial charge in [0.05, 0.1) is 0 Å². The van der Waals surface area contributed by atoms with Crippen molar-refractivity contribution in [1.82, 2.24) is 4.90 Å². The van der Waals surface area contributed by atoms with Gasteiger partial charge in [-0.2, -0.15) is 0 Å². The molecule has 1 heterocycles. The Kier molecular flexibility index (Phi) is 7.19. The Morgan fingerprint density at radius 3 is 2.50 bits per heavy atom. The predicted molar refractivity (Wildman–Crippen MR) is 112 cm³/mol. The molecule has 1 fully saturated rings. The van der Waals surface area contributed by atoms with Gasteiger partial charge < -0.3 is 0 Å². The first kappa shape index (κ1) is 22.8. The number of hydrogen-bond acceptors (Lipinski definition) is 4. The molecule has 1 radical (unpaired) electrons. The second-order valence-electron chi connectivity index (χ2n) is 7.34. The molecule has 161 valence electrons. The van der Waals surface area contributed by atoms with E-state index in [9.17, 15) is 22.0 Å². The number of halogens is 2. The van der Waals surface area contributed by atoms with E-state index >= 15 is 0 Å². The van der Waals surface area contributed by atoms with Gasteiger partial charge in [-0.1, -0.05) is 0 Å². The number of benzene rings is 2. The van der Waals surface area contributed by atoms with E-state index in [1.807, 2.05) is 12.1 Å². The first-order valence-electron chi connectivity index (χ1n) is 9.48. The van der Waals surface area contributed by atoms with Crippen LogP contribution in [-0.2, 0) is 19.3 Å². The molecule has 0 N–H and O–H groups in total. The van der Waals surface area contributed by atoms with Crippen LogP contribution in [0.25, 0.3) is 11.1 Å². The third-order valence-corrected chi connectivity index (χ3v) is 11.1. The van der Waals surface area contributed by atoms with E-state index in [4.69, 9.17) is 4.74 Å². The van der Waals surface area contributed by atoms with Crippen molar-refractivity contribution in [2.75, 3.05) is 19.9 Å². The van der Waals surface area contributed by atoms with Gasteiger partial charge in [-0.15, -0.1) is 0 Å². The number of likely N-dealkylation sites (tertiary alicyclic amines) is 1. The molecule has 0 unspecified atom stereocenters. The third kappa shape index (κ3) is 5.82. The van der Waals surface area contributed by atoms with E-state index in [1.54, 1.807) is 17.0 Å². The normalized spacial score (nSPS) is 19.9. The van der Waals surface area contributed by atoms with Gasteiger partial charge >= 0.3 is 181 Å². The molecule has 0 spiro atoms. The first-order valence-corrected chi connectivity index (χ1v) is 14.7. The van der Waals surface area contributed by atoms with Gasteiger partial charge in [0.1, 0.15) is 0 Å². The molecular formula is C21H23AsF2NO4S. The van der Waals surface area contributed by atoms with Crippen LogP contribution in [0.5, 0.6) is 0 Å². The van der Waals surface area contributed by atoms with Crippen molar-refractivity contribution in [2.24, 2.45) is 0 Å². The zero-order valence-corrected chi connectivity index (χ0v) is 19.4. The van der Waals surface area contributed by atoms with Crippen molar-refractivity contribution < 1.29 is 26.7 Å². The number of methoxy groups -OCH3 is 1. The van der Waals surface area contributed by atoms with E-state index in [2.05, 4.69) is 0 Å². The van der Waals surface area contributed by atoms with Crippen molar-refractivity contribution in [3.05, 3.63) is 59.7 Å². The number of rotatable bonds is 5. The van der Waals surface area contributed by atoms with Crippen LogP contribution in [0.4, 0.5) is 13.6 Å². The molecular weight excluding hydrogens is 475 g/mol. The van der Waals surface area contributed by atoms with E-state index < -0.39 is 40.4 Å². The summed E-state index contributed by atoms with van der Waals surface area (Å²) in [5.41, 5.74) is 1.93.